The molecule has 2 heterocycles. The van der Waals surface area contributed by atoms with Gasteiger partial charge in [-0.25, -0.2) is 4.79 Å². The highest BCUT2D eigenvalue weighted by molar-refractivity contribution is 9.10. The molecular formula is C21H17BrN4O3. The maximum absolute atomic E-state index is 13.1. The first-order valence-electron chi connectivity index (χ1n) is 9.01. The molecule has 2 aromatic carbocycles. The first-order valence-corrected chi connectivity index (χ1v) is 9.80. The van der Waals surface area contributed by atoms with E-state index in [-0.39, 0.29) is 12.2 Å². The zero-order valence-electron chi connectivity index (χ0n) is 15.8. The van der Waals surface area contributed by atoms with Gasteiger partial charge in [0.2, 0.25) is 0 Å². The predicted octanol–water partition coefficient (Wildman–Crippen LogP) is 5.25. The number of azo groups is 1. The van der Waals surface area contributed by atoms with E-state index in [2.05, 4.69) is 31.1 Å². The van der Waals surface area contributed by atoms with Gasteiger partial charge in [-0.15, -0.1) is 5.11 Å². The van der Waals surface area contributed by atoms with Crippen molar-refractivity contribution >= 4 is 55.0 Å². The third-order valence-electron chi connectivity index (χ3n) is 4.44. The van der Waals surface area contributed by atoms with Gasteiger partial charge in [-0.3, -0.25) is 9.20 Å². The Kier molecular flexibility index (Phi) is 5.02. The summed E-state index contributed by atoms with van der Waals surface area (Å²) in [4.78, 5) is 28.1. The molecule has 0 radical (unpaired) electrons. The zero-order chi connectivity index (χ0) is 20.5. The van der Waals surface area contributed by atoms with Crippen LogP contribution in [0.2, 0.25) is 0 Å². The normalized spacial score (nSPS) is 12.4. The molecule has 0 spiro atoms. The molecule has 0 atom stereocenters. The van der Waals surface area contributed by atoms with E-state index in [0.717, 1.165) is 15.4 Å². The number of benzene rings is 2. The largest absolute Gasteiger partial charge is 0.463 e. The van der Waals surface area contributed by atoms with Crippen LogP contribution in [-0.4, -0.2) is 22.0 Å². The van der Waals surface area contributed by atoms with Crippen molar-refractivity contribution in [1.82, 2.24) is 9.38 Å². The van der Waals surface area contributed by atoms with Crippen molar-refractivity contribution in [1.29, 1.82) is 0 Å². The lowest BCUT2D eigenvalue weighted by atomic mass is 10.2. The fraction of sp³-hybridized carbons (Fsp3) is 0.143. The second-order valence-corrected chi connectivity index (χ2v) is 7.32. The fourth-order valence-corrected chi connectivity index (χ4v) is 3.57. The molecule has 0 amide bonds. The number of esters is 1. The van der Waals surface area contributed by atoms with Gasteiger partial charge in [-0.05, 0) is 44.2 Å². The van der Waals surface area contributed by atoms with Crippen LogP contribution in [0.15, 0.2) is 73.7 Å². The molecule has 1 N–H and O–H groups in total. The quantitative estimate of drug-likeness (QED) is 0.260. The van der Waals surface area contributed by atoms with E-state index in [4.69, 9.17) is 4.74 Å². The van der Waals surface area contributed by atoms with Crippen molar-refractivity contribution < 1.29 is 9.53 Å². The Labute approximate surface area is 173 Å². The lowest BCUT2D eigenvalue weighted by molar-refractivity contribution is -0.137. The van der Waals surface area contributed by atoms with E-state index < -0.39 is 5.97 Å². The van der Waals surface area contributed by atoms with Crippen LogP contribution in [0.4, 0.5) is 5.69 Å². The second kappa shape index (κ2) is 7.63. The van der Waals surface area contributed by atoms with Gasteiger partial charge in [-0.2, -0.15) is 5.11 Å². The number of carbonyl (C=O) groups excluding carboxylic acids is 1. The molecule has 8 heteroatoms. The molecule has 0 saturated heterocycles. The average molecular weight is 453 g/mol. The Bertz CT molecular complexity index is 1380. The number of nitrogens with zero attached hydrogens (tertiary/aromatic N) is 3. The monoisotopic (exact) mass is 452 g/mol. The molecule has 0 unspecified atom stereocenters. The third-order valence-corrected chi connectivity index (χ3v) is 4.93. The first kappa shape index (κ1) is 19.1. The molecule has 2 aromatic heterocycles. The van der Waals surface area contributed by atoms with Gasteiger partial charge >= 0.3 is 5.97 Å². The molecule has 4 rings (SSSR count). The van der Waals surface area contributed by atoms with Crippen LogP contribution in [0.3, 0.4) is 0 Å². The number of aromatic nitrogens is 2. The van der Waals surface area contributed by atoms with Crippen molar-refractivity contribution in [2.45, 2.75) is 13.8 Å². The summed E-state index contributed by atoms with van der Waals surface area (Å²) in [6.07, 6.45) is 1.28. The van der Waals surface area contributed by atoms with E-state index in [1.807, 2.05) is 36.4 Å². The summed E-state index contributed by atoms with van der Waals surface area (Å²) in [5.41, 5.74) is 2.74. The van der Waals surface area contributed by atoms with Crippen LogP contribution in [0, 0.1) is 0 Å². The first-order chi connectivity index (χ1) is 14.0. The van der Waals surface area contributed by atoms with Crippen molar-refractivity contribution in [3.05, 3.63) is 69.1 Å². The number of rotatable bonds is 4. The van der Waals surface area contributed by atoms with Crippen molar-refractivity contribution in [3.63, 3.8) is 0 Å². The number of halogens is 1. The molecule has 146 valence electrons. The highest BCUT2D eigenvalue weighted by atomic mass is 79.9. The lowest BCUT2D eigenvalue weighted by Gasteiger charge is -2.01. The lowest BCUT2D eigenvalue weighted by Crippen LogP contribution is -2.13. The Balaban J connectivity index is 1.99. The summed E-state index contributed by atoms with van der Waals surface area (Å²) in [5.74, 6) is -0.474. The minimum Gasteiger partial charge on any atom is -0.463 e. The van der Waals surface area contributed by atoms with Crippen LogP contribution >= 0.6 is 15.9 Å². The van der Waals surface area contributed by atoms with E-state index in [0.29, 0.717) is 27.9 Å². The average Bonchev–Trinajstić information content (AvgIpc) is 2.99. The van der Waals surface area contributed by atoms with Crippen molar-refractivity contribution in [2.75, 3.05) is 6.61 Å². The number of hydrogen-bond acceptors (Lipinski definition) is 5. The fourth-order valence-electron chi connectivity index (χ4n) is 3.21. The molecule has 0 saturated carbocycles. The minimum absolute atomic E-state index is 0.137. The number of carbonyl (C=O) groups is 1. The van der Waals surface area contributed by atoms with Crippen LogP contribution < -0.4 is 5.56 Å². The number of hydrogen-bond donors (Lipinski definition) is 1. The second-order valence-electron chi connectivity index (χ2n) is 6.41. The van der Waals surface area contributed by atoms with Gasteiger partial charge < -0.3 is 9.72 Å². The highest BCUT2D eigenvalue weighted by Gasteiger charge is 2.16. The summed E-state index contributed by atoms with van der Waals surface area (Å²) >= 11 is 3.47. The van der Waals surface area contributed by atoms with Crippen LogP contribution in [0.1, 0.15) is 13.8 Å². The number of allylic oxidation sites excluding steroid dienone is 1. The zero-order valence-corrected chi connectivity index (χ0v) is 17.4. The van der Waals surface area contributed by atoms with Gasteiger partial charge in [0.05, 0.1) is 28.7 Å². The molecule has 0 aliphatic carbocycles. The summed E-state index contributed by atoms with van der Waals surface area (Å²) in [7, 11) is 0. The number of fused-ring (bicyclic) bond motifs is 4. The summed E-state index contributed by atoms with van der Waals surface area (Å²) in [6, 6.07) is 12.9. The number of H-pyrrole nitrogens is 1. The summed E-state index contributed by atoms with van der Waals surface area (Å²) in [5, 5.41) is 9.87. The molecule has 0 bridgehead atoms. The van der Waals surface area contributed by atoms with Crippen LogP contribution in [0.5, 0.6) is 0 Å². The Morgan fingerprint density at radius 1 is 1.24 bits per heavy atom. The van der Waals surface area contributed by atoms with Crippen LogP contribution in [-0.2, 0) is 9.53 Å². The molecule has 0 aliphatic rings. The number of nitrogens with one attached hydrogen (secondary N) is 1. The Morgan fingerprint density at radius 3 is 2.83 bits per heavy atom. The van der Waals surface area contributed by atoms with Crippen molar-refractivity contribution in [3.8, 4) is 0 Å². The standard InChI is InChI=1S/C21H17BrN4O3/c1-3-29-18(27)10-12(2)24-25-19-15-11-13(22)8-9-17(15)26-20(19)23-16-7-5-4-6-14(16)21(26)28/h4-11,23H,3H2,1-2H3. The molecule has 29 heavy (non-hydrogen) atoms. The van der Waals surface area contributed by atoms with Crippen molar-refractivity contribution in [2.24, 2.45) is 10.2 Å². The smallest absolute Gasteiger partial charge is 0.332 e. The maximum atomic E-state index is 13.1. The molecule has 7 nitrogen and oxygen atoms in total. The van der Waals surface area contributed by atoms with E-state index >= 15 is 0 Å². The number of aromatic amines is 1. The highest BCUT2D eigenvalue weighted by Crippen LogP contribution is 2.35. The van der Waals surface area contributed by atoms with E-state index in [1.165, 1.54) is 6.08 Å². The van der Waals surface area contributed by atoms with Gasteiger partial charge in [0.1, 0.15) is 11.3 Å². The Morgan fingerprint density at radius 2 is 2.03 bits per heavy atom. The Hall–Kier alpha value is -3.26. The maximum Gasteiger partial charge on any atom is 0.332 e. The molecule has 0 aliphatic heterocycles. The van der Waals surface area contributed by atoms with E-state index in [1.54, 1.807) is 24.3 Å². The van der Waals surface area contributed by atoms with Gasteiger partial charge in [-0.1, -0.05) is 28.1 Å². The molecular weight excluding hydrogens is 436 g/mol. The van der Waals surface area contributed by atoms with Crippen LogP contribution in [0.25, 0.3) is 27.5 Å². The summed E-state index contributed by atoms with van der Waals surface area (Å²) < 4.78 is 7.35. The molecule has 0 fully saturated rings. The topological polar surface area (TPSA) is 88.3 Å². The number of para-hydroxylation sites is 1. The predicted molar refractivity (Wildman–Crippen MR) is 116 cm³/mol. The number of ether oxygens (including phenoxy) is 1. The minimum atomic E-state index is -0.474. The van der Waals surface area contributed by atoms with Gasteiger partial charge in [0, 0.05) is 15.9 Å². The third kappa shape index (κ3) is 3.47. The SMILES string of the molecule is CCOC(=O)C=C(C)N=Nc1c2cc(Br)ccc2n2c(=O)c3ccccc3[nH]c12. The summed E-state index contributed by atoms with van der Waals surface area (Å²) in [6.45, 7) is 3.69. The molecule has 4 aromatic rings. The van der Waals surface area contributed by atoms with Gasteiger partial charge in [0.15, 0.2) is 0 Å². The van der Waals surface area contributed by atoms with E-state index in [9.17, 15) is 9.59 Å². The van der Waals surface area contributed by atoms with Gasteiger partial charge in [0.25, 0.3) is 5.56 Å².